The van der Waals surface area contributed by atoms with Gasteiger partial charge in [-0.2, -0.15) is 0 Å². The molecule has 0 aliphatic heterocycles. The smallest absolute Gasteiger partial charge is 0.250 e. The summed E-state index contributed by atoms with van der Waals surface area (Å²) in [6.07, 6.45) is -2.10. The van der Waals surface area contributed by atoms with Crippen LogP contribution in [0, 0.1) is 5.92 Å². The van der Waals surface area contributed by atoms with E-state index in [-0.39, 0.29) is 18.9 Å². The standard InChI is InChI=1S/C9H18F2N2O/c1-7(2)5-13-9(14)3-4-12-6-8(10)11/h7-8,12H,3-6H2,1-2H3,(H,13,14). The molecule has 2 N–H and O–H groups in total. The third-order valence-electron chi connectivity index (χ3n) is 1.53. The summed E-state index contributed by atoms with van der Waals surface area (Å²) in [5.41, 5.74) is 0. The molecule has 0 aromatic heterocycles. The molecule has 0 rings (SSSR count). The Kier molecular flexibility index (Phi) is 7.28. The summed E-state index contributed by atoms with van der Waals surface area (Å²) in [5, 5.41) is 5.20. The molecule has 0 atom stereocenters. The maximum Gasteiger partial charge on any atom is 0.250 e. The second kappa shape index (κ2) is 7.67. The van der Waals surface area contributed by atoms with Gasteiger partial charge in [0.2, 0.25) is 5.91 Å². The Bertz CT molecular complexity index is 163. The van der Waals surface area contributed by atoms with Crippen LogP contribution in [-0.4, -0.2) is 32.0 Å². The minimum absolute atomic E-state index is 0.0968. The molecule has 0 aliphatic carbocycles. The summed E-state index contributed by atoms with van der Waals surface area (Å²) in [6, 6.07) is 0. The number of hydrogen-bond donors (Lipinski definition) is 2. The number of nitrogens with one attached hydrogen (secondary N) is 2. The van der Waals surface area contributed by atoms with Crippen molar-refractivity contribution in [2.24, 2.45) is 5.92 Å². The first-order chi connectivity index (χ1) is 6.52. The Hall–Kier alpha value is -0.710. The number of rotatable bonds is 7. The van der Waals surface area contributed by atoms with Crippen molar-refractivity contribution in [1.82, 2.24) is 10.6 Å². The van der Waals surface area contributed by atoms with Crippen LogP contribution in [0.15, 0.2) is 0 Å². The van der Waals surface area contributed by atoms with E-state index in [1.165, 1.54) is 0 Å². The van der Waals surface area contributed by atoms with Gasteiger partial charge in [0, 0.05) is 19.5 Å². The van der Waals surface area contributed by atoms with Gasteiger partial charge in [0.1, 0.15) is 0 Å². The van der Waals surface area contributed by atoms with Gasteiger partial charge in [-0.15, -0.1) is 0 Å². The quantitative estimate of drug-likeness (QED) is 0.613. The van der Waals surface area contributed by atoms with Gasteiger partial charge in [-0.25, -0.2) is 8.78 Å². The molecular weight excluding hydrogens is 190 g/mol. The van der Waals surface area contributed by atoms with Gasteiger partial charge in [-0.05, 0) is 5.92 Å². The van der Waals surface area contributed by atoms with E-state index < -0.39 is 6.43 Å². The summed E-state index contributed by atoms with van der Waals surface area (Å²) < 4.78 is 23.3. The maximum absolute atomic E-state index is 11.7. The molecule has 14 heavy (non-hydrogen) atoms. The largest absolute Gasteiger partial charge is 0.356 e. The number of hydrogen-bond acceptors (Lipinski definition) is 2. The van der Waals surface area contributed by atoms with Crippen molar-refractivity contribution in [1.29, 1.82) is 0 Å². The van der Waals surface area contributed by atoms with E-state index in [4.69, 9.17) is 0 Å². The van der Waals surface area contributed by atoms with Crippen LogP contribution in [0.2, 0.25) is 0 Å². The van der Waals surface area contributed by atoms with E-state index in [0.717, 1.165) is 0 Å². The predicted octanol–water partition coefficient (Wildman–Crippen LogP) is 1.00. The fourth-order valence-electron chi connectivity index (χ4n) is 0.819. The monoisotopic (exact) mass is 208 g/mol. The SMILES string of the molecule is CC(C)CNC(=O)CCNCC(F)F. The van der Waals surface area contributed by atoms with Crippen molar-refractivity contribution in [3.05, 3.63) is 0 Å². The summed E-state index contributed by atoms with van der Waals surface area (Å²) in [7, 11) is 0. The van der Waals surface area contributed by atoms with Crippen LogP contribution in [0.1, 0.15) is 20.3 Å². The Morgan fingerprint density at radius 2 is 1.93 bits per heavy atom. The van der Waals surface area contributed by atoms with E-state index in [1.54, 1.807) is 0 Å². The fourth-order valence-corrected chi connectivity index (χ4v) is 0.819. The molecule has 0 saturated carbocycles. The molecule has 1 amide bonds. The topological polar surface area (TPSA) is 41.1 Å². The molecule has 3 nitrogen and oxygen atoms in total. The van der Waals surface area contributed by atoms with Crippen molar-refractivity contribution < 1.29 is 13.6 Å². The molecule has 0 fully saturated rings. The molecule has 0 heterocycles. The van der Waals surface area contributed by atoms with Crippen LogP contribution < -0.4 is 10.6 Å². The average molecular weight is 208 g/mol. The lowest BCUT2D eigenvalue weighted by Gasteiger charge is -2.07. The van der Waals surface area contributed by atoms with Gasteiger partial charge in [0.05, 0.1) is 6.54 Å². The lowest BCUT2D eigenvalue weighted by molar-refractivity contribution is -0.121. The van der Waals surface area contributed by atoms with Crippen LogP contribution in [-0.2, 0) is 4.79 Å². The first-order valence-electron chi connectivity index (χ1n) is 4.78. The van der Waals surface area contributed by atoms with Gasteiger partial charge in [0.25, 0.3) is 6.43 Å². The maximum atomic E-state index is 11.7. The molecule has 0 bridgehead atoms. The van der Waals surface area contributed by atoms with Crippen LogP contribution in [0.4, 0.5) is 8.78 Å². The van der Waals surface area contributed by atoms with Crippen molar-refractivity contribution in [2.45, 2.75) is 26.7 Å². The second-order valence-electron chi connectivity index (χ2n) is 3.54. The summed E-state index contributed by atoms with van der Waals surface area (Å²) >= 11 is 0. The number of carbonyl (C=O) groups excluding carboxylic acids is 1. The Morgan fingerprint density at radius 1 is 1.29 bits per heavy atom. The highest BCUT2D eigenvalue weighted by atomic mass is 19.3. The summed E-state index contributed by atoms with van der Waals surface area (Å²) in [4.78, 5) is 11.1. The normalized spacial score (nSPS) is 11.0. The summed E-state index contributed by atoms with van der Waals surface area (Å²) in [5.74, 6) is 0.313. The zero-order valence-electron chi connectivity index (χ0n) is 8.65. The van der Waals surface area contributed by atoms with Crippen molar-refractivity contribution >= 4 is 5.91 Å². The zero-order chi connectivity index (χ0) is 11.0. The minimum atomic E-state index is -2.35. The third kappa shape index (κ3) is 9.38. The van der Waals surface area contributed by atoms with Gasteiger partial charge < -0.3 is 10.6 Å². The Morgan fingerprint density at radius 3 is 2.43 bits per heavy atom. The van der Waals surface area contributed by atoms with Crippen LogP contribution in [0.25, 0.3) is 0 Å². The van der Waals surface area contributed by atoms with E-state index in [1.807, 2.05) is 13.8 Å². The van der Waals surface area contributed by atoms with E-state index in [0.29, 0.717) is 19.0 Å². The Labute approximate surface area is 83.3 Å². The van der Waals surface area contributed by atoms with Gasteiger partial charge in [-0.1, -0.05) is 13.8 Å². The molecule has 0 radical (unpaired) electrons. The molecule has 0 aromatic carbocycles. The zero-order valence-corrected chi connectivity index (χ0v) is 8.65. The van der Waals surface area contributed by atoms with Gasteiger partial charge in [0.15, 0.2) is 0 Å². The average Bonchev–Trinajstić information content (AvgIpc) is 2.08. The number of carbonyl (C=O) groups is 1. The molecule has 0 aromatic rings. The first kappa shape index (κ1) is 13.3. The third-order valence-corrected chi connectivity index (χ3v) is 1.53. The lowest BCUT2D eigenvalue weighted by atomic mass is 10.2. The highest BCUT2D eigenvalue weighted by Gasteiger charge is 2.03. The molecule has 0 spiro atoms. The van der Waals surface area contributed by atoms with Gasteiger partial charge >= 0.3 is 0 Å². The molecule has 5 heteroatoms. The molecule has 0 aliphatic rings. The molecule has 84 valence electrons. The fraction of sp³-hybridized carbons (Fsp3) is 0.889. The van der Waals surface area contributed by atoms with Crippen LogP contribution >= 0.6 is 0 Å². The molecular formula is C9H18F2N2O. The van der Waals surface area contributed by atoms with E-state index in [2.05, 4.69) is 10.6 Å². The molecule has 0 saturated heterocycles. The predicted molar refractivity (Wildman–Crippen MR) is 51.3 cm³/mol. The summed E-state index contributed by atoms with van der Waals surface area (Å²) in [6.45, 7) is 4.57. The highest BCUT2D eigenvalue weighted by molar-refractivity contribution is 5.76. The van der Waals surface area contributed by atoms with Gasteiger partial charge in [-0.3, -0.25) is 4.79 Å². The van der Waals surface area contributed by atoms with E-state index >= 15 is 0 Å². The number of amides is 1. The highest BCUT2D eigenvalue weighted by Crippen LogP contribution is 1.89. The minimum Gasteiger partial charge on any atom is -0.356 e. The van der Waals surface area contributed by atoms with Crippen LogP contribution in [0.5, 0.6) is 0 Å². The van der Waals surface area contributed by atoms with E-state index in [9.17, 15) is 13.6 Å². The van der Waals surface area contributed by atoms with Crippen molar-refractivity contribution in [2.75, 3.05) is 19.6 Å². The number of halogens is 2. The lowest BCUT2D eigenvalue weighted by Crippen LogP contribution is -2.31. The van der Waals surface area contributed by atoms with Crippen LogP contribution in [0.3, 0.4) is 0 Å². The van der Waals surface area contributed by atoms with Crippen molar-refractivity contribution in [3.8, 4) is 0 Å². The second-order valence-corrected chi connectivity index (χ2v) is 3.54. The first-order valence-corrected chi connectivity index (χ1v) is 4.78. The Balaban J connectivity index is 3.27. The van der Waals surface area contributed by atoms with Crippen molar-refractivity contribution in [3.63, 3.8) is 0 Å². The number of alkyl halides is 2. The molecule has 0 unspecified atom stereocenters.